The Kier molecular flexibility index (Phi) is 4.15. The predicted molar refractivity (Wildman–Crippen MR) is 58.6 cm³/mol. The number of ether oxygens (including phenoxy) is 2. The minimum atomic E-state index is -0.969. The molecule has 4 nitrogen and oxygen atoms in total. The molecule has 1 aromatic carbocycles. The zero-order chi connectivity index (χ0) is 10.6. The molecular weight excluding hydrogens is 299 g/mol. The van der Waals surface area contributed by atoms with Crippen LogP contribution in [0, 0.1) is 3.57 Å². The average molecular weight is 308 g/mol. The van der Waals surface area contributed by atoms with Crippen LogP contribution in [-0.2, 0) is 4.74 Å². The van der Waals surface area contributed by atoms with E-state index in [0.717, 1.165) is 3.57 Å². The fourth-order valence-corrected chi connectivity index (χ4v) is 1.36. The zero-order valence-corrected chi connectivity index (χ0v) is 9.65. The lowest BCUT2D eigenvalue weighted by Gasteiger charge is -2.07. The largest absolute Gasteiger partial charge is 0.478 e. The number of benzene rings is 1. The topological polar surface area (TPSA) is 55.8 Å². The lowest BCUT2D eigenvalue weighted by molar-refractivity contribution is 0.0501. The summed E-state index contributed by atoms with van der Waals surface area (Å²) in [5.41, 5.74) is 0.205. The normalized spacial score (nSPS) is 9.86. The first kappa shape index (κ1) is 11.3. The molecule has 0 aliphatic rings. The lowest BCUT2D eigenvalue weighted by Crippen LogP contribution is -2.03. The number of rotatable bonds is 4. The van der Waals surface area contributed by atoms with Gasteiger partial charge in [0.2, 0.25) is 0 Å². The van der Waals surface area contributed by atoms with Gasteiger partial charge in [0.15, 0.2) is 6.79 Å². The van der Waals surface area contributed by atoms with E-state index in [1.807, 2.05) is 0 Å². The summed E-state index contributed by atoms with van der Waals surface area (Å²) in [6, 6.07) is 4.70. The van der Waals surface area contributed by atoms with Gasteiger partial charge in [0, 0.05) is 7.11 Å². The fraction of sp³-hybridized carbons (Fsp3) is 0.222. The van der Waals surface area contributed by atoms with Crippen molar-refractivity contribution in [1.29, 1.82) is 0 Å². The van der Waals surface area contributed by atoms with Crippen LogP contribution in [0.2, 0.25) is 0 Å². The third-order valence-electron chi connectivity index (χ3n) is 1.51. The van der Waals surface area contributed by atoms with E-state index < -0.39 is 5.97 Å². The molecule has 0 fully saturated rings. The van der Waals surface area contributed by atoms with Crippen molar-refractivity contribution in [1.82, 2.24) is 0 Å². The molecule has 0 heterocycles. The van der Waals surface area contributed by atoms with Crippen LogP contribution in [0.25, 0.3) is 0 Å². The van der Waals surface area contributed by atoms with Crippen molar-refractivity contribution >= 4 is 28.6 Å². The molecule has 76 valence electrons. The Balaban J connectivity index is 2.90. The summed E-state index contributed by atoms with van der Waals surface area (Å²) in [5, 5.41) is 8.74. The second-order valence-corrected chi connectivity index (χ2v) is 3.66. The molecule has 1 N–H and O–H groups in total. The lowest BCUT2D eigenvalue weighted by atomic mass is 10.2. The molecule has 0 spiro atoms. The van der Waals surface area contributed by atoms with E-state index in [4.69, 9.17) is 14.6 Å². The molecule has 1 aromatic rings. The van der Waals surface area contributed by atoms with Crippen molar-refractivity contribution in [3.05, 3.63) is 27.3 Å². The number of carboxylic acids is 1. The molecule has 0 radical (unpaired) electrons. The monoisotopic (exact) mass is 308 g/mol. The van der Waals surface area contributed by atoms with Crippen molar-refractivity contribution in [3.8, 4) is 5.75 Å². The second kappa shape index (κ2) is 5.16. The summed E-state index contributed by atoms with van der Waals surface area (Å²) in [6.45, 7) is 0.110. The molecule has 0 amide bonds. The molecule has 5 heteroatoms. The van der Waals surface area contributed by atoms with Crippen molar-refractivity contribution in [2.24, 2.45) is 0 Å². The maximum absolute atomic E-state index is 10.6. The van der Waals surface area contributed by atoms with Crippen LogP contribution in [0.3, 0.4) is 0 Å². The number of halogens is 1. The maximum Gasteiger partial charge on any atom is 0.335 e. The smallest absolute Gasteiger partial charge is 0.335 e. The van der Waals surface area contributed by atoms with Crippen molar-refractivity contribution in [2.75, 3.05) is 13.9 Å². The molecule has 0 atom stereocenters. The minimum Gasteiger partial charge on any atom is -0.478 e. The van der Waals surface area contributed by atoms with E-state index in [0.29, 0.717) is 5.75 Å². The van der Waals surface area contributed by atoms with Gasteiger partial charge in [0.1, 0.15) is 5.75 Å². The molecule has 0 saturated heterocycles. The predicted octanol–water partition coefficient (Wildman–Crippen LogP) is 1.97. The van der Waals surface area contributed by atoms with Gasteiger partial charge >= 0.3 is 5.97 Å². The van der Waals surface area contributed by atoms with Crippen molar-refractivity contribution < 1.29 is 19.4 Å². The number of hydrogen-bond acceptors (Lipinski definition) is 3. The molecule has 14 heavy (non-hydrogen) atoms. The summed E-state index contributed by atoms with van der Waals surface area (Å²) in [4.78, 5) is 10.6. The Morgan fingerprint density at radius 2 is 2.29 bits per heavy atom. The van der Waals surface area contributed by atoms with Gasteiger partial charge < -0.3 is 14.6 Å². The first-order chi connectivity index (χ1) is 6.65. The molecule has 0 aliphatic carbocycles. The SMILES string of the molecule is COCOc1cc(C(=O)O)ccc1I. The van der Waals surface area contributed by atoms with Crippen molar-refractivity contribution in [2.45, 2.75) is 0 Å². The van der Waals surface area contributed by atoms with E-state index in [-0.39, 0.29) is 12.4 Å². The van der Waals surface area contributed by atoms with Crippen LogP contribution >= 0.6 is 22.6 Å². The Bertz CT molecular complexity index is 338. The highest BCUT2D eigenvalue weighted by Crippen LogP contribution is 2.22. The van der Waals surface area contributed by atoms with E-state index in [2.05, 4.69) is 22.6 Å². The number of aromatic carboxylic acids is 1. The third-order valence-corrected chi connectivity index (χ3v) is 2.40. The van der Waals surface area contributed by atoms with Crippen LogP contribution in [0.15, 0.2) is 18.2 Å². The van der Waals surface area contributed by atoms with Gasteiger partial charge in [0.05, 0.1) is 9.13 Å². The Morgan fingerprint density at radius 1 is 1.57 bits per heavy atom. The molecule has 0 bridgehead atoms. The Hall–Kier alpha value is -0.820. The molecule has 0 saturated carbocycles. The zero-order valence-electron chi connectivity index (χ0n) is 7.49. The van der Waals surface area contributed by atoms with Gasteiger partial charge in [-0.3, -0.25) is 0 Å². The van der Waals surface area contributed by atoms with Gasteiger partial charge in [-0.1, -0.05) is 0 Å². The molecule has 1 rings (SSSR count). The van der Waals surface area contributed by atoms with Crippen molar-refractivity contribution in [3.63, 3.8) is 0 Å². The summed E-state index contributed by atoms with van der Waals surface area (Å²) >= 11 is 2.07. The van der Waals surface area contributed by atoms with Gasteiger partial charge in [-0.05, 0) is 40.8 Å². The van der Waals surface area contributed by atoms with Crippen LogP contribution in [0.4, 0.5) is 0 Å². The van der Waals surface area contributed by atoms with Crippen LogP contribution in [0.1, 0.15) is 10.4 Å². The quantitative estimate of drug-likeness (QED) is 0.682. The van der Waals surface area contributed by atoms with Gasteiger partial charge in [-0.25, -0.2) is 4.79 Å². The highest BCUT2D eigenvalue weighted by molar-refractivity contribution is 14.1. The summed E-state index contributed by atoms with van der Waals surface area (Å²) in [5.74, 6) is -0.448. The Labute approximate surface area is 95.0 Å². The highest BCUT2D eigenvalue weighted by Gasteiger charge is 2.07. The minimum absolute atomic E-state index is 0.110. The summed E-state index contributed by atoms with van der Waals surface area (Å²) in [7, 11) is 1.51. The second-order valence-electron chi connectivity index (χ2n) is 2.50. The molecule has 0 aliphatic heterocycles. The van der Waals surface area contributed by atoms with Crippen LogP contribution in [0.5, 0.6) is 5.75 Å². The van der Waals surface area contributed by atoms with E-state index in [1.54, 1.807) is 6.07 Å². The number of methoxy groups -OCH3 is 1. The first-order valence-corrected chi connectivity index (χ1v) is 4.87. The van der Waals surface area contributed by atoms with E-state index >= 15 is 0 Å². The van der Waals surface area contributed by atoms with E-state index in [1.165, 1.54) is 19.2 Å². The van der Waals surface area contributed by atoms with Crippen LogP contribution < -0.4 is 4.74 Å². The molecule has 0 aromatic heterocycles. The van der Waals surface area contributed by atoms with Gasteiger partial charge in [0.25, 0.3) is 0 Å². The van der Waals surface area contributed by atoms with E-state index in [9.17, 15) is 4.79 Å². The Morgan fingerprint density at radius 3 is 2.86 bits per heavy atom. The molecule has 0 unspecified atom stereocenters. The number of carboxylic acid groups (broad SMARTS) is 1. The first-order valence-electron chi connectivity index (χ1n) is 3.79. The maximum atomic E-state index is 10.6. The van der Waals surface area contributed by atoms with Gasteiger partial charge in [-0.15, -0.1) is 0 Å². The number of carbonyl (C=O) groups is 1. The fourth-order valence-electron chi connectivity index (χ4n) is 0.869. The van der Waals surface area contributed by atoms with Gasteiger partial charge in [-0.2, -0.15) is 0 Å². The summed E-state index contributed by atoms with van der Waals surface area (Å²) < 4.78 is 10.8. The highest BCUT2D eigenvalue weighted by atomic mass is 127. The molecular formula is C9H9IO4. The summed E-state index contributed by atoms with van der Waals surface area (Å²) in [6.07, 6.45) is 0. The van der Waals surface area contributed by atoms with Crippen LogP contribution in [-0.4, -0.2) is 25.0 Å². The standard InChI is InChI=1S/C9H9IO4/c1-13-5-14-8-4-6(9(11)12)2-3-7(8)10/h2-4H,5H2,1H3,(H,11,12). The average Bonchev–Trinajstić information content (AvgIpc) is 2.16. The third kappa shape index (κ3) is 2.85. The number of hydrogen-bond donors (Lipinski definition) is 1.